The van der Waals surface area contributed by atoms with Gasteiger partial charge in [-0.05, 0) is 31.4 Å². The summed E-state index contributed by atoms with van der Waals surface area (Å²) < 4.78 is 0. The van der Waals surface area contributed by atoms with Crippen LogP contribution < -0.4 is 0 Å². The Balaban J connectivity index is 1.83. The molecule has 0 aromatic heterocycles. The highest BCUT2D eigenvalue weighted by Gasteiger charge is 2.31. The number of allylic oxidation sites excluding steroid dienone is 5. The second-order valence-electron chi connectivity index (χ2n) is 4.96. The molecule has 1 saturated heterocycles. The molecule has 1 fully saturated rings. The molecule has 0 bridgehead atoms. The highest BCUT2D eigenvalue weighted by molar-refractivity contribution is 6.14. The fourth-order valence-electron chi connectivity index (χ4n) is 2.69. The third-order valence-corrected chi connectivity index (χ3v) is 3.68. The summed E-state index contributed by atoms with van der Waals surface area (Å²) in [6.07, 6.45) is 8.45. The predicted octanol–water partition coefficient (Wildman–Crippen LogP) is 1.61. The molecule has 20 heavy (non-hydrogen) atoms. The van der Waals surface area contributed by atoms with Gasteiger partial charge in [-0.2, -0.15) is 0 Å². The van der Waals surface area contributed by atoms with Crippen LogP contribution in [0.5, 0.6) is 0 Å². The molecule has 0 aromatic carbocycles. The summed E-state index contributed by atoms with van der Waals surface area (Å²) in [4.78, 5) is 37.8. The number of nitrogens with zero attached hydrogens (tertiary/aromatic N) is 2. The molecule has 0 saturated carbocycles. The summed E-state index contributed by atoms with van der Waals surface area (Å²) in [7, 11) is 0. The van der Waals surface area contributed by atoms with Gasteiger partial charge in [0.05, 0.1) is 0 Å². The first-order valence-electron chi connectivity index (χ1n) is 6.54. The topological polar surface area (TPSA) is 57.7 Å². The lowest BCUT2D eigenvalue weighted by atomic mass is 10.1. The molecule has 3 aliphatic rings. The van der Waals surface area contributed by atoms with E-state index in [0.29, 0.717) is 31.4 Å². The van der Waals surface area contributed by atoms with Crippen LogP contribution in [0.15, 0.2) is 48.0 Å². The molecule has 0 spiro atoms. The van der Waals surface area contributed by atoms with Crippen LogP contribution in [0.3, 0.4) is 0 Å². The zero-order chi connectivity index (χ0) is 14.3. The molecule has 0 N–H and O–H groups in total. The maximum atomic E-state index is 11.8. The van der Waals surface area contributed by atoms with E-state index in [4.69, 9.17) is 0 Å². The Labute approximate surface area is 116 Å². The van der Waals surface area contributed by atoms with Crippen LogP contribution in [0.2, 0.25) is 0 Å². The quantitative estimate of drug-likeness (QED) is 0.716. The summed E-state index contributed by atoms with van der Waals surface area (Å²) in [5.74, 6) is -0.549. The molecule has 102 valence electrons. The van der Waals surface area contributed by atoms with Crippen molar-refractivity contribution in [1.29, 1.82) is 0 Å². The molecule has 0 atom stereocenters. The Morgan fingerprint density at radius 3 is 1.80 bits per heavy atom. The van der Waals surface area contributed by atoms with E-state index in [2.05, 4.69) is 6.58 Å². The third-order valence-electron chi connectivity index (χ3n) is 3.68. The molecule has 1 aliphatic carbocycles. The number of carbonyl (C=O) groups excluding carboxylic acids is 3. The Kier molecular flexibility index (Phi) is 2.89. The lowest BCUT2D eigenvalue weighted by Gasteiger charge is -2.26. The molecule has 0 unspecified atom stereocenters. The Hall–Kier alpha value is -2.43. The van der Waals surface area contributed by atoms with Crippen molar-refractivity contribution < 1.29 is 14.4 Å². The van der Waals surface area contributed by atoms with Crippen LogP contribution in [0, 0.1) is 0 Å². The molecular weight excluding hydrogens is 256 g/mol. The van der Waals surface area contributed by atoms with E-state index in [1.54, 1.807) is 17.1 Å². The van der Waals surface area contributed by atoms with Gasteiger partial charge in [-0.1, -0.05) is 6.58 Å². The largest absolute Gasteiger partial charge is 0.289 e. The highest BCUT2D eigenvalue weighted by Crippen LogP contribution is 2.32. The number of likely N-dealkylation sites (tertiary alicyclic amines) is 1. The van der Waals surface area contributed by atoms with Gasteiger partial charge in [0.2, 0.25) is 5.91 Å². The monoisotopic (exact) mass is 270 g/mol. The first-order chi connectivity index (χ1) is 9.58. The van der Waals surface area contributed by atoms with Crippen molar-refractivity contribution in [1.82, 2.24) is 9.80 Å². The smallest absolute Gasteiger partial charge is 0.257 e. The minimum atomic E-state index is -0.306. The lowest BCUT2D eigenvalue weighted by molar-refractivity contribution is -0.134. The molecule has 2 aliphatic heterocycles. The van der Waals surface area contributed by atoms with Crippen LogP contribution in [-0.4, -0.2) is 27.5 Å². The number of carbonyl (C=O) groups is 3. The zero-order valence-corrected chi connectivity index (χ0v) is 11.0. The number of rotatable bonds is 2. The number of amides is 3. The van der Waals surface area contributed by atoms with E-state index in [0.717, 1.165) is 11.4 Å². The average molecular weight is 270 g/mol. The van der Waals surface area contributed by atoms with E-state index in [1.807, 2.05) is 0 Å². The molecule has 0 radical (unpaired) electrons. The van der Waals surface area contributed by atoms with Crippen molar-refractivity contribution in [2.24, 2.45) is 0 Å². The van der Waals surface area contributed by atoms with Crippen molar-refractivity contribution >= 4 is 17.7 Å². The van der Waals surface area contributed by atoms with E-state index in [9.17, 15) is 14.4 Å². The van der Waals surface area contributed by atoms with Gasteiger partial charge >= 0.3 is 0 Å². The van der Waals surface area contributed by atoms with E-state index in [1.165, 1.54) is 17.1 Å². The third kappa shape index (κ3) is 1.91. The maximum absolute atomic E-state index is 11.8. The van der Waals surface area contributed by atoms with Crippen LogP contribution in [0.1, 0.15) is 25.7 Å². The van der Waals surface area contributed by atoms with E-state index < -0.39 is 0 Å². The summed E-state index contributed by atoms with van der Waals surface area (Å²) >= 11 is 0. The second-order valence-corrected chi connectivity index (χ2v) is 4.96. The van der Waals surface area contributed by atoms with Gasteiger partial charge in [0, 0.05) is 35.7 Å². The van der Waals surface area contributed by atoms with Gasteiger partial charge in [0.1, 0.15) is 0 Å². The highest BCUT2D eigenvalue weighted by atomic mass is 16.2. The van der Waals surface area contributed by atoms with E-state index in [-0.39, 0.29) is 17.7 Å². The number of hydrogen-bond acceptors (Lipinski definition) is 3. The van der Waals surface area contributed by atoms with Crippen molar-refractivity contribution in [3.05, 3.63) is 48.0 Å². The average Bonchev–Trinajstić information content (AvgIpc) is 2.94. The normalized spacial score (nSPS) is 22.8. The van der Waals surface area contributed by atoms with Gasteiger partial charge in [-0.3, -0.25) is 19.3 Å². The van der Waals surface area contributed by atoms with Gasteiger partial charge in [0.25, 0.3) is 11.8 Å². The summed E-state index contributed by atoms with van der Waals surface area (Å²) in [5.41, 5.74) is 2.37. The van der Waals surface area contributed by atoms with Crippen molar-refractivity contribution in [2.45, 2.75) is 25.7 Å². The zero-order valence-electron chi connectivity index (χ0n) is 11.0. The van der Waals surface area contributed by atoms with Crippen molar-refractivity contribution in [2.75, 3.05) is 0 Å². The standard InChI is InChI=1S/C15H14N2O3/c1-10-2-7-13(18)16(10)11-3-5-12(6-4-11)17-14(19)8-9-15(17)20/h3,5,8-9H,1-2,4,6-7H2. The Morgan fingerprint density at radius 1 is 0.800 bits per heavy atom. The van der Waals surface area contributed by atoms with Crippen molar-refractivity contribution in [3.63, 3.8) is 0 Å². The maximum Gasteiger partial charge on any atom is 0.257 e. The fraction of sp³-hybridized carbons (Fsp3) is 0.267. The molecule has 2 heterocycles. The summed E-state index contributed by atoms with van der Waals surface area (Å²) in [6.45, 7) is 3.90. The molecule has 5 nitrogen and oxygen atoms in total. The van der Waals surface area contributed by atoms with Crippen LogP contribution in [0.4, 0.5) is 0 Å². The SMILES string of the molecule is C=C1CCC(=O)N1C1=CC=C(N2C(=O)C=CC2=O)CC1. The number of imide groups is 1. The van der Waals surface area contributed by atoms with E-state index >= 15 is 0 Å². The summed E-state index contributed by atoms with van der Waals surface area (Å²) in [6, 6.07) is 0. The Bertz CT molecular complexity index is 573. The summed E-state index contributed by atoms with van der Waals surface area (Å²) in [5, 5.41) is 0. The first-order valence-corrected chi connectivity index (χ1v) is 6.54. The number of hydrogen-bond donors (Lipinski definition) is 0. The molecule has 3 rings (SSSR count). The lowest BCUT2D eigenvalue weighted by Crippen LogP contribution is -2.31. The molecular formula is C15H14N2O3. The van der Waals surface area contributed by atoms with Crippen LogP contribution in [0.25, 0.3) is 0 Å². The van der Waals surface area contributed by atoms with Crippen molar-refractivity contribution in [3.8, 4) is 0 Å². The minimum Gasteiger partial charge on any atom is -0.289 e. The van der Waals surface area contributed by atoms with Crippen LogP contribution in [-0.2, 0) is 14.4 Å². The molecule has 3 amide bonds. The van der Waals surface area contributed by atoms with Crippen LogP contribution >= 0.6 is 0 Å². The Morgan fingerprint density at radius 2 is 1.35 bits per heavy atom. The molecule has 0 aromatic rings. The first kappa shape index (κ1) is 12.6. The van der Waals surface area contributed by atoms with Gasteiger partial charge in [-0.15, -0.1) is 0 Å². The second kappa shape index (κ2) is 4.59. The minimum absolute atomic E-state index is 0.0630. The molecule has 5 heteroatoms. The van der Waals surface area contributed by atoms with Gasteiger partial charge < -0.3 is 0 Å². The fourth-order valence-corrected chi connectivity index (χ4v) is 2.69. The predicted molar refractivity (Wildman–Crippen MR) is 71.6 cm³/mol. The van der Waals surface area contributed by atoms with Gasteiger partial charge in [-0.25, -0.2) is 4.90 Å². The van der Waals surface area contributed by atoms with Gasteiger partial charge in [0.15, 0.2) is 0 Å².